The molecule has 2 rings (SSSR count). The van der Waals surface area contributed by atoms with Crippen LogP contribution in [0.1, 0.15) is 46.6 Å². The van der Waals surface area contributed by atoms with Crippen LogP contribution in [-0.2, 0) is 26.0 Å². The summed E-state index contributed by atoms with van der Waals surface area (Å²) < 4.78 is 52.3. The zero-order chi connectivity index (χ0) is 19.7. The Bertz CT molecular complexity index is 776. The Balaban J connectivity index is 2.13. The van der Waals surface area contributed by atoms with Gasteiger partial charge in [0.2, 0.25) is 10.0 Å². The number of fused-ring (bicyclic) bond motifs is 1. The summed E-state index contributed by atoms with van der Waals surface area (Å²) in [6.07, 6.45) is -0.252. The van der Waals surface area contributed by atoms with E-state index in [-0.39, 0.29) is 12.5 Å². The van der Waals surface area contributed by atoms with Crippen molar-refractivity contribution in [1.82, 2.24) is 4.72 Å². The molecule has 0 amide bonds. The van der Waals surface area contributed by atoms with Gasteiger partial charge in [0.1, 0.15) is 17.2 Å². The number of nitrogens with one attached hydrogen (secondary N) is 1. The highest BCUT2D eigenvalue weighted by molar-refractivity contribution is 7.90. The summed E-state index contributed by atoms with van der Waals surface area (Å²) >= 11 is 0. The van der Waals surface area contributed by atoms with Gasteiger partial charge in [-0.05, 0) is 64.8 Å². The molecule has 1 aromatic rings. The van der Waals surface area contributed by atoms with E-state index in [9.17, 15) is 17.6 Å². The van der Waals surface area contributed by atoms with Crippen molar-refractivity contribution in [2.24, 2.45) is 0 Å². The Morgan fingerprint density at radius 2 is 2.04 bits per heavy atom. The number of halogens is 1. The number of ether oxygens (including phenoxy) is 2. The SMILES string of the molecule is CC(C)OC(=O)CC(C)S(=O)(=O)NC1Cc2cc(F)ccc2OC1(C)C. The molecular formula is C18H26FNO5S. The molecule has 1 aromatic carbocycles. The van der Waals surface area contributed by atoms with E-state index >= 15 is 0 Å². The zero-order valence-electron chi connectivity index (χ0n) is 15.7. The van der Waals surface area contributed by atoms with Crippen LogP contribution in [0.2, 0.25) is 0 Å². The van der Waals surface area contributed by atoms with E-state index in [0.717, 1.165) is 0 Å². The van der Waals surface area contributed by atoms with E-state index in [1.54, 1.807) is 33.8 Å². The lowest BCUT2D eigenvalue weighted by molar-refractivity contribution is -0.147. The fraction of sp³-hybridized carbons (Fsp3) is 0.611. The fourth-order valence-electron chi connectivity index (χ4n) is 2.78. The summed E-state index contributed by atoms with van der Waals surface area (Å²) in [5, 5.41) is -0.960. The molecule has 0 radical (unpaired) electrons. The first kappa shape index (κ1) is 20.6. The molecule has 0 aliphatic carbocycles. The van der Waals surface area contributed by atoms with Gasteiger partial charge in [0, 0.05) is 0 Å². The first-order valence-corrected chi connectivity index (χ1v) is 10.1. The van der Waals surface area contributed by atoms with Crippen LogP contribution >= 0.6 is 0 Å². The molecule has 0 saturated carbocycles. The van der Waals surface area contributed by atoms with Crippen LogP contribution in [0.25, 0.3) is 0 Å². The molecule has 146 valence electrons. The predicted octanol–water partition coefficient (Wildman–Crippen LogP) is 2.56. The maximum Gasteiger partial charge on any atom is 0.307 e. The van der Waals surface area contributed by atoms with Gasteiger partial charge in [-0.3, -0.25) is 4.79 Å². The molecule has 1 heterocycles. The van der Waals surface area contributed by atoms with Crippen molar-refractivity contribution in [3.8, 4) is 5.75 Å². The van der Waals surface area contributed by atoms with Crippen LogP contribution < -0.4 is 9.46 Å². The molecule has 26 heavy (non-hydrogen) atoms. The van der Waals surface area contributed by atoms with Crippen molar-refractivity contribution in [2.45, 2.75) is 70.5 Å². The third-order valence-corrected chi connectivity index (χ3v) is 6.16. The van der Waals surface area contributed by atoms with Gasteiger partial charge in [-0.2, -0.15) is 0 Å². The second-order valence-corrected chi connectivity index (χ2v) is 9.56. The van der Waals surface area contributed by atoms with Crippen molar-refractivity contribution in [3.05, 3.63) is 29.6 Å². The van der Waals surface area contributed by atoms with E-state index in [0.29, 0.717) is 17.7 Å². The molecule has 0 bridgehead atoms. The quantitative estimate of drug-likeness (QED) is 0.759. The van der Waals surface area contributed by atoms with Gasteiger partial charge in [0.05, 0.1) is 23.8 Å². The lowest BCUT2D eigenvalue weighted by atomic mass is 9.89. The normalized spacial score (nSPS) is 20.2. The molecule has 0 spiro atoms. The second-order valence-electron chi connectivity index (χ2n) is 7.43. The molecule has 0 saturated heterocycles. The highest BCUT2D eigenvalue weighted by atomic mass is 32.2. The van der Waals surface area contributed by atoms with Gasteiger partial charge in [0.25, 0.3) is 0 Å². The Morgan fingerprint density at radius 1 is 1.38 bits per heavy atom. The maximum absolute atomic E-state index is 13.5. The third-order valence-electron chi connectivity index (χ3n) is 4.32. The van der Waals surface area contributed by atoms with E-state index in [1.165, 1.54) is 19.1 Å². The van der Waals surface area contributed by atoms with E-state index in [4.69, 9.17) is 9.47 Å². The minimum atomic E-state index is -3.80. The molecule has 1 N–H and O–H groups in total. The van der Waals surface area contributed by atoms with Crippen LogP contribution in [0.15, 0.2) is 18.2 Å². The van der Waals surface area contributed by atoms with Crippen molar-refractivity contribution in [1.29, 1.82) is 0 Å². The monoisotopic (exact) mass is 387 g/mol. The summed E-state index contributed by atoms with van der Waals surface area (Å²) in [4.78, 5) is 11.8. The van der Waals surface area contributed by atoms with Crippen LogP contribution in [0.5, 0.6) is 5.75 Å². The Morgan fingerprint density at radius 3 is 2.65 bits per heavy atom. The number of benzene rings is 1. The number of hydrogen-bond donors (Lipinski definition) is 1. The number of hydrogen-bond acceptors (Lipinski definition) is 5. The van der Waals surface area contributed by atoms with Crippen molar-refractivity contribution < 1.29 is 27.1 Å². The second kappa shape index (κ2) is 7.52. The standard InChI is InChI=1S/C18H26FNO5S/c1-11(2)24-17(21)8-12(3)26(22,23)20-16-10-13-9-14(19)6-7-15(13)25-18(16,4)5/h6-7,9,11-12,16,20H,8,10H2,1-5H3. The van der Waals surface area contributed by atoms with Crippen LogP contribution in [0.3, 0.4) is 0 Å². The third kappa shape index (κ3) is 4.94. The summed E-state index contributed by atoms with van der Waals surface area (Å²) in [7, 11) is -3.80. The number of sulfonamides is 1. The van der Waals surface area contributed by atoms with E-state index < -0.39 is 38.7 Å². The van der Waals surface area contributed by atoms with Crippen LogP contribution in [0.4, 0.5) is 4.39 Å². The summed E-state index contributed by atoms with van der Waals surface area (Å²) in [5.74, 6) is -0.427. The minimum absolute atomic E-state index is 0.243. The molecule has 1 aliphatic rings. The average molecular weight is 387 g/mol. The van der Waals surface area contributed by atoms with E-state index in [2.05, 4.69) is 4.72 Å². The molecular weight excluding hydrogens is 361 g/mol. The largest absolute Gasteiger partial charge is 0.486 e. The molecule has 0 fully saturated rings. The van der Waals surface area contributed by atoms with Gasteiger partial charge in [-0.15, -0.1) is 0 Å². The topological polar surface area (TPSA) is 81.7 Å². The summed E-state index contributed by atoms with van der Waals surface area (Å²) in [6, 6.07) is 3.60. The Kier molecular flexibility index (Phi) is 5.97. The van der Waals surface area contributed by atoms with Crippen LogP contribution in [0, 0.1) is 5.82 Å². The predicted molar refractivity (Wildman–Crippen MR) is 96.0 cm³/mol. The highest BCUT2D eigenvalue weighted by Crippen LogP contribution is 2.34. The first-order valence-electron chi connectivity index (χ1n) is 8.59. The van der Waals surface area contributed by atoms with Gasteiger partial charge in [-0.25, -0.2) is 17.5 Å². The maximum atomic E-state index is 13.5. The average Bonchev–Trinajstić information content (AvgIpc) is 2.47. The lowest BCUT2D eigenvalue weighted by Gasteiger charge is -2.40. The molecule has 2 unspecified atom stereocenters. The number of rotatable bonds is 6. The van der Waals surface area contributed by atoms with Gasteiger partial charge in [-0.1, -0.05) is 0 Å². The Hall–Kier alpha value is -1.67. The fourth-order valence-corrected chi connectivity index (χ4v) is 4.13. The Labute approximate surface area is 154 Å². The van der Waals surface area contributed by atoms with Crippen molar-refractivity contribution in [2.75, 3.05) is 0 Å². The van der Waals surface area contributed by atoms with Gasteiger partial charge >= 0.3 is 5.97 Å². The van der Waals surface area contributed by atoms with Crippen LogP contribution in [-0.4, -0.2) is 37.4 Å². The lowest BCUT2D eigenvalue weighted by Crippen LogP contribution is -2.57. The van der Waals surface area contributed by atoms with Crippen molar-refractivity contribution in [3.63, 3.8) is 0 Å². The first-order chi connectivity index (χ1) is 11.9. The summed E-state index contributed by atoms with van der Waals surface area (Å²) in [6.45, 7) is 8.39. The summed E-state index contributed by atoms with van der Waals surface area (Å²) in [5.41, 5.74) is -0.223. The molecule has 8 heteroatoms. The molecule has 1 aliphatic heterocycles. The molecule has 0 aromatic heterocycles. The number of carbonyl (C=O) groups excluding carboxylic acids is 1. The number of carbonyl (C=O) groups is 1. The van der Waals surface area contributed by atoms with Gasteiger partial charge < -0.3 is 9.47 Å². The molecule has 6 nitrogen and oxygen atoms in total. The zero-order valence-corrected chi connectivity index (χ0v) is 16.5. The molecule has 2 atom stereocenters. The highest BCUT2D eigenvalue weighted by Gasteiger charge is 2.40. The number of esters is 1. The van der Waals surface area contributed by atoms with E-state index in [1.807, 2.05) is 0 Å². The van der Waals surface area contributed by atoms with Crippen molar-refractivity contribution >= 4 is 16.0 Å². The van der Waals surface area contributed by atoms with Gasteiger partial charge in [0.15, 0.2) is 0 Å². The smallest absolute Gasteiger partial charge is 0.307 e. The minimum Gasteiger partial charge on any atom is -0.486 e.